The van der Waals surface area contributed by atoms with Crippen LogP contribution in [-0.2, 0) is 9.59 Å². The number of rotatable bonds is 9. The fraction of sp³-hybridized carbons (Fsp3) is 0.360. The van der Waals surface area contributed by atoms with Crippen molar-refractivity contribution < 1.29 is 24.2 Å². The molecule has 1 unspecified atom stereocenters. The highest BCUT2D eigenvalue weighted by Gasteiger charge is 2.45. The van der Waals surface area contributed by atoms with Crippen LogP contribution >= 0.6 is 0 Å². The summed E-state index contributed by atoms with van der Waals surface area (Å²) < 4.78 is 10.6. The van der Waals surface area contributed by atoms with Gasteiger partial charge < -0.3 is 24.4 Å². The average Bonchev–Trinajstić information content (AvgIpc) is 3.09. The second-order valence-corrected chi connectivity index (χ2v) is 7.50. The molecule has 0 spiro atoms. The summed E-state index contributed by atoms with van der Waals surface area (Å²) in [4.78, 5) is 29.9. The monoisotopic (exact) mass is 438 g/mol. The van der Waals surface area contributed by atoms with Crippen LogP contribution < -0.4 is 9.47 Å². The van der Waals surface area contributed by atoms with E-state index in [9.17, 15) is 14.7 Å². The SMILES string of the molecule is CCN(CC)CCN1C(=O)C(=O)/C(=C(\O)c2ccc(OC)c(OC)c2)C1c1ccccc1. The van der Waals surface area contributed by atoms with Gasteiger partial charge in [0.05, 0.1) is 25.8 Å². The molecule has 1 fully saturated rings. The molecule has 0 bridgehead atoms. The van der Waals surface area contributed by atoms with Gasteiger partial charge in [0.15, 0.2) is 11.5 Å². The number of ether oxygens (including phenoxy) is 2. The maximum absolute atomic E-state index is 13.1. The quantitative estimate of drug-likeness (QED) is 0.367. The van der Waals surface area contributed by atoms with Gasteiger partial charge >= 0.3 is 0 Å². The van der Waals surface area contributed by atoms with Crippen LogP contribution in [0.3, 0.4) is 0 Å². The average molecular weight is 439 g/mol. The Morgan fingerprint density at radius 1 is 1.00 bits per heavy atom. The van der Waals surface area contributed by atoms with Gasteiger partial charge in [0, 0.05) is 18.7 Å². The summed E-state index contributed by atoms with van der Waals surface area (Å²) in [6, 6.07) is 13.5. The van der Waals surface area contributed by atoms with E-state index in [1.807, 2.05) is 30.3 Å². The Labute approximate surface area is 188 Å². The lowest BCUT2D eigenvalue weighted by molar-refractivity contribution is -0.140. The van der Waals surface area contributed by atoms with Gasteiger partial charge in [-0.15, -0.1) is 0 Å². The van der Waals surface area contributed by atoms with Crippen molar-refractivity contribution in [3.05, 3.63) is 65.2 Å². The second-order valence-electron chi connectivity index (χ2n) is 7.50. The van der Waals surface area contributed by atoms with Gasteiger partial charge in [0.1, 0.15) is 5.76 Å². The summed E-state index contributed by atoms with van der Waals surface area (Å²) in [6.07, 6.45) is 0. The minimum atomic E-state index is -0.689. The molecule has 1 heterocycles. The molecule has 1 amide bonds. The summed E-state index contributed by atoms with van der Waals surface area (Å²) in [5.41, 5.74) is 1.23. The molecule has 1 saturated heterocycles. The zero-order chi connectivity index (χ0) is 23.3. The number of hydrogen-bond donors (Lipinski definition) is 1. The highest BCUT2D eigenvalue weighted by Crippen LogP contribution is 2.40. The molecule has 2 aromatic carbocycles. The first kappa shape index (κ1) is 23.3. The zero-order valence-corrected chi connectivity index (χ0v) is 19.0. The number of methoxy groups -OCH3 is 2. The Balaban J connectivity index is 2.10. The first-order valence-electron chi connectivity index (χ1n) is 10.7. The number of ketones is 1. The van der Waals surface area contributed by atoms with Gasteiger partial charge in [-0.1, -0.05) is 44.2 Å². The van der Waals surface area contributed by atoms with Crippen molar-refractivity contribution in [2.75, 3.05) is 40.4 Å². The summed E-state index contributed by atoms with van der Waals surface area (Å²) >= 11 is 0. The third-order valence-corrected chi connectivity index (χ3v) is 5.86. The number of benzene rings is 2. The molecule has 32 heavy (non-hydrogen) atoms. The molecular formula is C25H30N2O5. The largest absolute Gasteiger partial charge is 0.507 e. The Bertz CT molecular complexity index is 999. The van der Waals surface area contributed by atoms with Crippen LogP contribution in [0, 0.1) is 0 Å². The molecule has 7 nitrogen and oxygen atoms in total. The van der Waals surface area contributed by atoms with E-state index in [2.05, 4.69) is 18.7 Å². The number of aliphatic hydroxyl groups excluding tert-OH is 1. The Kier molecular flexibility index (Phi) is 7.53. The molecule has 3 rings (SSSR count). The van der Waals surface area contributed by atoms with E-state index in [-0.39, 0.29) is 11.3 Å². The lowest BCUT2D eigenvalue weighted by Gasteiger charge is -2.28. The van der Waals surface area contributed by atoms with E-state index in [0.29, 0.717) is 30.2 Å². The number of likely N-dealkylation sites (N-methyl/N-ethyl adjacent to an activating group) is 1. The van der Waals surface area contributed by atoms with Crippen molar-refractivity contribution in [2.24, 2.45) is 0 Å². The van der Waals surface area contributed by atoms with Gasteiger partial charge in [0.2, 0.25) is 0 Å². The molecule has 0 aromatic heterocycles. The molecule has 1 atom stereocenters. The molecular weight excluding hydrogens is 408 g/mol. The smallest absolute Gasteiger partial charge is 0.295 e. The van der Waals surface area contributed by atoms with Gasteiger partial charge in [-0.3, -0.25) is 9.59 Å². The minimum Gasteiger partial charge on any atom is -0.507 e. The highest BCUT2D eigenvalue weighted by atomic mass is 16.5. The number of hydrogen-bond acceptors (Lipinski definition) is 6. The van der Waals surface area contributed by atoms with E-state index < -0.39 is 17.7 Å². The standard InChI is InChI=1S/C25H30N2O5/c1-5-26(6-2)14-15-27-22(17-10-8-7-9-11-17)21(24(29)25(27)30)23(28)18-12-13-19(31-3)20(16-18)32-4/h7-13,16,22,28H,5-6,14-15H2,1-4H3/b23-21-. The van der Waals surface area contributed by atoms with Gasteiger partial charge in [-0.2, -0.15) is 0 Å². The lowest BCUT2D eigenvalue weighted by atomic mass is 9.95. The van der Waals surface area contributed by atoms with E-state index in [1.165, 1.54) is 14.2 Å². The minimum absolute atomic E-state index is 0.0768. The first-order valence-corrected chi connectivity index (χ1v) is 10.7. The van der Waals surface area contributed by atoms with Crippen LogP contribution in [0.1, 0.15) is 31.0 Å². The molecule has 1 N–H and O–H groups in total. The Morgan fingerprint density at radius 2 is 1.66 bits per heavy atom. The van der Waals surface area contributed by atoms with Crippen molar-refractivity contribution in [2.45, 2.75) is 19.9 Å². The molecule has 1 aliphatic rings. The second kappa shape index (κ2) is 10.3. The van der Waals surface area contributed by atoms with Crippen LogP contribution in [0.2, 0.25) is 0 Å². The van der Waals surface area contributed by atoms with Crippen molar-refractivity contribution in [1.29, 1.82) is 0 Å². The maximum atomic E-state index is 13.1. The normalized spacial score (nSPS) is 17.8. The van der Waals surface area contributed by atoms with Crippen molar-refractivity contribution in [1.82, 2.24) is 9.80 Å². The van der Waals surface area contributed by atoms with Crippen molar-refractivity contribution in [3.8, 4) is 11.5 Å². The van der Waals surface area contributed by atoms with Crippen molar-refractivity contribution in [3.63, 3.8) is 0 Å². The van der Waals surface area contributed by atoms with Crippen LogP contribution in [0.15, 0.2) is 54.1 Å². The molecule has 1 aliphatic heterocycles. The van der Waals surface area contributed by atoms with Crippen LogP contribution in [-0.4, -0.2) is 67.0 Å². The van der Waals surface area contributed by atoms with E-state index in [0.717, 1.165) is 18.7 Å². The van der Waals surface area contributed by atoms with Crippen LogP contribution in [0.5, 0.6) is 11.5 Å². The summed E-state index contributed by atoms with van der Waals surface area (Å²) in [6.45, 7) is 6.84. The van der Waals surface area contributed by atoms with E-state index >= 15 is 0 Å². The summed E-state index contributed by atoms with van der Waals surface area (Å²) in [5.74, 6) is -0.603. The number of carbonyl (C=O) groups excluding carboxylic acids is 2. The first-order chi connectivity index (χ1) is 15.5. The molecule has 0 aliphatic carbocycles. The molecule has 0 radical (unpaired) electrons. The highest BCUT2D eigenvalue weighted by molar-refractivity contribution is 6.46. The number of carbonyl (C=O) groups is 2. The number of Topliss-reactive ketones (excluding diaryl/α,β-unsaturated/α-hetero) is 1. The zero-order valence-electron chi connectivity index (χ0n) is 19.0. The van der Waals surface area contributed by atoms with Crippen LogP contribution in [0.4, 0.5) is 0 Å². The predicted octanol–water partition coefficient (Wildman–Crippen LogP) is 3.47. The number of nitrogens with zero attached hydrogens (tertiary/aromatic N) is 2. The summed E-state index contributed by atoms with van der Waals surface area (Å²) in [7, 11) is 3.02. The third-order valence-electron chi connectivity index (χ3n) is 5.86. The van der Waals surface area contributed by atoms with E-state index in [4.69, 9.17) is 9.47 Å². The Hall–Kier alpha value is -3.32. The topological polar surface area (TPSA) is 79.3 Å². The number of aliphatic hydroxyl groups is 1. The lowest BCUT2D eigenvalue weighted by Crippen LogP contribution is -2.38. The Morgan fingerprint density at radius 3 is 2.25 bits per heavy atom. The number of amides is 1. The number of likely N-dealkylation sites (tertiary alicyclic amines) is 1. The summed E-state index contributed by atoms with van der Waals surface area (Å²) in [5, 5.41) is 11.2. The van der Waals surface area contributed by atoms with Gasteiger partial charge in [-0.05, 0) is 36.9 Å². The molecule has 2 aromatic rings. The fourth-order valence-electron chi connectivity index (χ4n) is 4.02. The van der Waals surface area contributed by atoms with Crippen LogP contribution in [0.25, 0.3) is 5.76 Å². The molecule has 170 valence electrons. The maximum Gasteiger partial charge on any atom is 0.295 e. The third kappa shape index (κ3) is 4.48. The van der Waals surface area contributed by atoms with E-state index in [1.54, 1.807) is 23.1 Å². The van der Waals surface area contributed by atoms with Gasteiger partial charge in [-0.25, -0.2) is 0 Å². The fourth-order valence-corrected chi connectivity index (χ4v) is 4.02. The predicted molar refractivity (Wildman–Crippen MR) is 123 cm³/mol. The van der Waals surface area contributed by atoms with Crippen molar-refractivity contribution >= 4 is 17.4 Å². The molecule has 7 heteroatoms. The van der Waals surface area contributed by atoms with Gasteiger partial charge in [0.25, 0.3) is 11.7 Å². The molecule has 0 saturated carbocycles.